The number of hydrogen-bond acceptors (Lipinski definition) is 7. The lowest BCUT2D eigenvalue weighted by atomic mass is 9.86. The third-order valence-electron chi connectivity index (χ3n) is 7.68. The summed E-state index contributed by atoms with van der Waals surface area (Å²) in [6.07, 6.45) is 0.755. The van der Waals surface area contributed by atoms with E-state index in [0.29, 0.717) is 23.6 Å². The molecule has 0 spiro atoms. The molecule has 0 radical (unpaired) electrons. The zero-order valence-corrected chi connectivity index (χ0v) is 25.4. The fourth-order valence-corrected chi connectivity index (χ4v) is 6.38. The van der Waals surface area contributed by atoms with Gasteiger partial charge in [-0.05, 0) is 76.3 Å². The van der Waals surface area contributed by atoms with Gasteiger partial charge in [-0.25, -0.2) is 27.2 Å². The minimum absolute atomic E-state index is 0.103. The van der Waals surface area contributed by atoms with Crippen LogP contribution < -0.4 is 10.3 Å². The molecule has 1 aliphatic carbocycles. The summed E-state index contributed by atoms with van der Waals surface area (Å²) in [6.45, 7) is 3.62. The number of nitrogens with zero attached hydrogens (tertiary/aromatic N) is 5. The van der Waals surface area contributed by atoms with Crippen LogP contribution in [0.15, 0.2) is 40.2 Å². The molecule has 1 N–H and O–H groups in total. The van der Waals surface area contributed by atoms with Crippen LogP contribution in [0.3, 0.4) is 0 Å². The monoisotopic (exact) mass is 642 g/mol. The molecule has 1 aromatic carbocycles. The van der Waals surface area contributed by atoms with Gasteiger partial charge in [0.05, 0.1) is 17.9 Å². The van der Waals surface area contributed by atoms with Gasteiger partial charge in [0.2, 0.25) is 10.0 Å². The van der Waals surface area contributed by atoms with Crippen molar-refractivity contribution < 1.29 is 30.4 Å². The third-order valence-corrected chi connectivity index (χ3v) is 8.95. The van der Waals surface area contributed by atoms with Gasteiger partial charge in [0.1, 0.15) is 18.1 Å². The average molecular weight is 643 g/mol. The summed E-state index contributed by atoms with van der Waals surface area (Å²) in [7, 11) is -2.53. The number of sulfonamides is 1. The van der Waals surface area contributed by atoms with Crippen molar-refractivity contribution in [3.05, 3.63) is 46.6 Å². The lowest BCUT2D eigenvalue weighted by Gasteiger charge is -2.33. The summed E-state index contributed by atoms with van der Waals surface area (Å²) in [6, 6.07) is 4.80. The van der Waals surface area contributed by atoms with Gasteiger partial charge in [-0.3, -0.25) is 14.1 Å². The van der Waals surface area contributed by atoms with E-state index in [4.69, 9.17) is 0 Å². The molecule has 2 heterocycles. The third kappa shape index (κ3) is 8.37. The second kappa shape index (κ2) is 13.7. The molecule has 2 aromatic heterocycles. The topological polar surface area (TPSA) is 110 Å². The Bertz CT molecular complexity index is 1670. The number of alkyl halides is 4. The molecule has 44 heavy (non-hydrogen) atoms. The van der Waals surface area contributed by atoms with Gasteiger partial charge in [0.25, 0.3) is 11.5 Å². The van der Waals surface area contributed by atoms with Gasteiger partial charge in [-0.15, -0.1) is 0 Å². The highest BCUT2D eigenvalue weighted by atomic mass is 32.2. The predicted octanol–water partition coefficient (Wildman–Crippen LogP) is 6.04. The number of pyridine rings is 1. The maximum atomic E-state index is 14.9. The molecule has 0 aliphatic heterocycles. The molecule has 0 unspecified atom stereocenters. The number of aromatic nitrogens is 3. The van der Waals surface area contributed by atoms with Gasteiger partial charge in [0.15, 0.2) is 0 Å². The van der Waals surface area contributed by atoms with E-state index in [2.05, 4.69) is 15.0 Å². The molecule has 3 aromatic rings. The van der Waals surface area contributed by atoms with Gasteiger partial charge in [-0.2, -0.15) is 18.2 Å². The molecule has 1 saturated carbocycles. The first-order valence-electron chi connectivity index (χ1n) is 14.3. The van der Waals surface area contributed by atoms with Gasteiger partial charge in [0, 0.05) is 42.0 Å². The Morgan fingerprint density at radius 2 is 1.89 bits per heavy atom. The van der Waals surface area contributed by atoms with Crippen LogP contribution in [-0.2, 0) is 10.0 Å². The Morgan fingerprint density at radius 1 is 1.18 bits per heavy atom. The van der Waals surface area contributed by atoms with E-state index < -0.39 is 45.4 Å². The highest BCUT2D eigenvalue weighted by molar-refractivity contribution is 7.92. The molecule has 0 amide bonds. The molecule has 15 heteroatoms. The number of nitrogens with one attached hydrogen (secondary N) is 1. The molecule has 0 saturated heterocycles. The fraction of sp³-hybridized carbons (Fsp3) is 0.517. The Kier molecular flexibility index (Phi) is 10.4. The molecule has 1 aliphatic rings. The lowest BCUT2D eigenvalue weighted by molar-refractivity contribution is -0.129. The molecular formula is C29H35F5N6O3S. The van der Waals surface area contributed by atoms with Crippen molar-refractivity contribution in [1.29, 1.82) is 0 Å². The lowest BCUT2D eigenvalue weighted by Crippen LogP contribution is -2.36. The van der Waals surface area contributed by atoms with Crippen LogP contribution in [0.4, 0.5) is 33.6 Å². The van der Waals surface area contributed by atoms with E-state index in [1.807, 2.05) is 22.9 Å². The van der Waals surface area contributed by atoms with Crippen LogP contribution in [0.1, 0.15) is 52.0 Å². The highest BCUT2D eigenvalue weighted by Crippen LogP contribution is 2.29. The van der Waals surface area contributed by atoms with Crippen molar-refractivity contribution in [2.45, 2.75) is 64.2 Å². The number of fused-ring (bicyclic) bond motifs is 1. The van der Waals surface area contributed by atoms with Crippen molar-refractivity contribution in [2.24, 2.45) is 10.9 Å². The minimum atomic E-state index is -4.69. The quantitative estimate of drug-likeness (QED) is 0.202. The minimum Gasteiger partial charge on any atom is -0.301 e. The van der Waals surface area contributed by atoms with Crippen molar-refractivity contribution in [3.8, 4) is 11.1 Å². The first-order valence-corrected chi connectivity index (χ1v) is 15.9. The summed E-state index contributed by atoms with van der Waals surface area (Å²) < 4.78 is 92.3. The first kappa shape index (κ1) is 33.4. The van der Waals surface area contributed by atoms with Crippen LogP contribution in [-0.4, -0.2) is 72.3 Å². The Hall–Kier alpha value is -3.46. The predicted molar refractivity (Wildman–Crippen MR) is 160 cm³/mol. The van der Waals surface area contributed by atoms with Crippen molar-refractivity contribution in [1.82, 2.24) is 19.4 Å². The van der Waals surface area contributed by atoms with Crippen molar-refractivity contribution in [2.75, 3.05) is 30.7 Å². The van der Waals surface area contributed by atoms with E-state index in [1.54, 1.807) is 13.8 Å². The maximum absolute atomic E-state index is 14.9. The number of anilines is 1. The standard InChI is InChI=1S/C29H35F5N6O3S/c1-18(2)40-26-21(17-36-28(37-26)35-16-19-4-7-22(8-5-19)39(3)12-11-30)14-23(27(40)41)20-6-9-25(24(31)15-20)38-44(42,43)13-10-29(32,33)34/h6,9,14-19,22,38H,4-5,7-8,10-13H2,1-3H3. The van der Waals surface area contributed by atoms with E-state index >= 15 is 0 Å². The molecule has 9 nitrogen and oxygen atoms in total. The number of rotatable bonds is 11. The van der Waals surface area contributed by atoms with Gasteiger partial charge >= 0.3 is 6.18 Å². The number of hydrogen-bond donors (Lipinski definition) is 1. The number of aliphatic imine (C=N–C) groups is 1. The fourth-order valence-electron chi connectivity index (χ4n) is 5.27. The second-order valence-corrected chi connectivity index (χ2v) is 13.1. The van der Waals surface area contributed by atoms with E-state index in [9.17, 15) is 35.2 Å². The Balaban J connectivity index is 1.57. The van der Waals surface area contributed by atoms with Crippen molar-refractivity contribution >= 4 is 38.9 Å². The summed E-state index contributed by atoms with van der Waals surface area (Å²) >= 11 is 0. The zero-order valence-electron chi connectivity index (χ0n) is 24.6. The number of benzene rings is 1. The number of halogens is 5. The summed E-state index contributed by atoms with van der Waals surface area (Å²) in [5.74, 6) is -1.90. The smallest absolute Gasteiger partial charge is 0.301 e. The molecule has 0 bridgehead atoms. The van der Waals surface area contributed by atoms with Gasteiger partial charge < -0.3 is 4.90 Å². The van der Waals surface area contributed by atoms with E-state index in [1.165, 1.54) is 22.9 Å². The highest BCUT2D eigenvalue weighted by Gasteiger charge is 2.30. The van der Waals surface area contributed by atoms with Crippen LogP contribution in [0.5, 0.6) is 0 Å². The average Bonchev–Trinajstić information content (AvgIpc) is 2.95. The first-order chi connectivity index (χ1) is 20.7. The largest absolute Gasteiger partial charge is 0.390 e. The normalized spacial score (nSPS) is 18.1. The van der Waals surface area contributed by atoms with Crippen LogP contribution in [0, 0.1) is 11.7 Å². The molecule has 240 valence electrons. The van der Waals surface area contributed by atoms with Crippen molar-refractivity contribution in [3.63, 3.8) is 0 Å². The van der Waals surface area contributed by atoms with Crippen LogP contribution in [0.25, 0.3) is 22.2 Å². The Labute approximate surface area is 252 Å². The zero-order chi connectivity index (χ0) is 32.2. The SMILES string of the molecule is CC(C)n1c(=O)c(-c2ccc(NS(=O)(=O)CCC(F)(F)F)c(F)c2)cc2cnc(N=CC3CCC(N(C)CCF)CC3)nc21. The summed E-state index contributed by atoms with van der Waals surface area (Å²) in [4.78, 5) is 28.9. The molecule has 1 fully saturated rings. The van der Waals surface area contributed by atoms with Gasteiger partial charge in [-0.1, -0.05) is 6.07 Å². The van der Waals surface area contributed by atoms with E-state index in [0.717, 1.165) is 37.8 Å². The maximum Gasteiger partial charge on any atom is 0.390 e. The molecular weight excluding hydrogens is 607 g/mol. The van der Waals surface area contributed by atoms with Crippen LogP contribution in [0.2, 0.25) is 0 Å². The van der Waals surface area contributed by atoms with Crippen LogP contribution >= 0.6 is 0 Å². The molecule has 0 atom stereocenters. The molecule has 4 rings (SSSR count). The Morgan fingerprint density at radius 3 is 2.50 bits per heavy atom. The van der Waals surface area contributed by atoms with E-state index in [-0.39, 0.29) is 35.7 Å². The summed E-state index contributed by atoms with van der Waals surface area (Å²) in [5.41, 5.74) is -0.438. The summed E-state index contributed by atoms with van der Waals surface area (Å²) in [5, 5.41) is 0.487. The second-order valence-electron chi connectivity index (χ2n) is 11.3.